The standard InChI is InChI=1S/C9H9N3O/c10-8-3-1-7(2-4-8)9-11-5-6-12(9)13/h1-6,13H,10H2. The van der Waals surface area contributed by atoms with E-state index in [0.29, 0.717) is 11.5 Å². The fraction of sp³-hybridized carbons (Fsp3) is 0. The van der Waals surface area contributed by atoms with E-state index in [1.54, 1.807) is 12.1 Å². The van der Waals surface area contributed by atoms with Gasteiger partial charge in [0.25, 0.3) is 0 Å². The normalized spacial score (nSPS) is 10.2. The second-order valence-corrected chi connectivity index (χ2v) is 2.72. The van der Waals surface area contributed by atoms with Crippen LogP contribution in [0.4, 0.5) is 5.69 Å². The first-order chi connectivity index (χ1) is 6.27. The minimum atomic E-state index is 0.514. The molecule has 0 saturated carbocycles. The van der Waals surface area contributed by atoms with Crippen LogP contribution in [-0.2, 0) is 0 Å². The predicted molar refractivity (Wildman–Crippen MR) is 49.3 cm³/mol. The number of imidazole rings is 1. The molecular formula is C9H9N3O. The number of nitrogen functional groups attached to an aromatic ring is 1. The Labute approximate surface area is 75.2 Å². The topological polar surface area (TPSA) is 64.1 Å². The van der Waals surface area contributed by atoms with Gasteiger partial charge in [0, 0.05) is 17.4 Å². The molecule has 0 amide bonds. The summed E-state index contributed by atoms with van der Waals surface area (Å²) < 4.78 is 0.978. The van der Waals surface area contributed by atoms with Gasteiger partial charge >= 0.3 is 0 Å². The fourth-order valence-corrected chi connectivity index (χ4v) is 1.14. The molecule has 0 radical (unpaired) electrons. The highest BCUT2D eigenvalue weighted by atomic mass is 16.5. The summed E-state index contributed by atoms with van der Waals surface area (Å²) in [6, 6.07) is 7.16. The van der Waals surface area contributed by atoms with Crippen molar-refractivity contribution in [2.24, 2.45) is 0 Å². The highest BCUT2D eigenvalue weighted by molar-refractivity contribution is 5.58. The first-order valence-corrected chi connectivity index (χ1v) is 3.86. The number of anilines is 1. The summed E-state index contributed by atoms with van der Waals surface area (Å²) in [5.74, 6) is 0.514. The van der Waals surface area contributed by atoms with Crippen molar-refractivity contribution in [2.45, 2.75) is 0 Å². The second-order valence-electron chi connectivity index (χ2n) is 2.72. The van der Waals surface area contributed by atoms with E-state index in [0.717, 1.165) is 10.3 Å². The molecule has 1 aromatic heterocycles. The van der Waals surface area contributed by atoms with Gasteiger partial charge in [0.15, 0.2) is 5.82 Å². The number of aromatic nitrogens is 2. The maximum Gasteiger partial charge on any atom is 0.175 e. The lowest BCUT2D eigenvalue weighted by molar-refractivity contribution is 0.191. The zero-order chi connectivity index (χ0) is 9.26. The van der Waals surface area contributed by atoms with Gasteiger partial charge in [-0.3, -0.25) is 0 Å². The Hall–Kier alpha value is -1.97. The van der Waals surface area contributed by atoms with E-state index in [1.165, 1.54) is 12.4 Å². The number of nitrogens with zero attached hydrogens (tertiary/aromatic N) is 2. The number of hydrogen-bond acceptors (Lipinski definition) is 3. The molecule has 0 atom stereocenters. The number of benzene rings is 1. The van der Waals surface area contributed by atoms with Crippen molar-refractivity contribution >= 4 is 5.69 Å². The molecule has 3 N–H and O–H groups in total. The van der Waals surface area contributed by atoms with Crippen LogP contribution in [0.25, 0.3) is 11.4 Å². The third-order valence-corrected chi connectivity index (χ3v) is 1.79. The van der Waals surface area contributed by atoms with Crippen LogP contribution in [0.2, 0.25) is 0 Å². The van der Waals surface area contributed by atoms with Crippen molar-refractivity contribution in [3.63, 3.8) is 0 Å². The van der Waals surface area contributed by atoms with Crippen LogP contribution in [0.3, 0.4) is 0 Å². The number of rotatable bonds is 1. The van der Waals surface area contributed by atoms with E-state index >= 15 is 0 Å². The van der Waals surface area contributed by atoms with Crippen LogP contribution in [0.15, 0.2) is 36.7 Å². The molecule has 1 heterocycles. The van der Waals surface area contributed by atoms with Gasteiger partial charge in [-0.1, -0.05) is 0 Å². The highest BCUT2D eigenvalue weighted by Crippen LogP contribution is 2.17. The fourth-order valence-electron chi connectivity index (χ4n) is 1.14. The molecule has 2 rings (SSSR count). The Morgan fingerprint density at radius 1 is 1.23 bits per heavy atom. The van der Waals surface area contributed by atoms with Gasteiger partial charge in [0.05, 0.1) is 6.20 Å². The van der Waals surface area contributed by atoms with E-state index in [2.05, 4.69) is 4.98 Å². The maximum absolute atomic E-state index is 9.30. The molecule has 2 aromatic rings. The van der Waals surface area contributed by atoms with Crippen LogP contribution in [0.5, 0.6) is 0 Å². The summed E-state index contributed by atoms with van der Waals surface area (Å²) >= 11 is 0. The summed E-state index contributed by atoms with van der Waals surface area (Å²) in [4.78, 5) is 3.99. The third-order valence-electron chi connectivity index (χ3n) is 1.79. The summed E-state index contributed by atoms with van der Waals surface area (Å²) in [5, 5.41) is 9.30. The monoisotopic (exact) mass is 175 g/mol. The minimum Gasteiger partial charge on any atom is -0.427 e. The number of nitrogens with two attached hydrogens (primary N) is 1. The molecule has 0 spiro atoms. The third kappa shape index (κ3) is 1.33. The Balaban J connectivity index is 2.47. The van der Waals surface area contributed by atoms with Gasteiger partial charge in [-0.25, -0.2) is 4.98 Å². The average molecular weight is 175 g/mol. The zero-order valence-corrected chi connectivity index (χ0v) is 6.88. The van der Waals surface area contributed by atoms with Gasteiger partial charge in [0.2, 0.25) is 0 Å². The lowest BCUT2D eigenvalue weighted by Gasteiger charge is -2.00. The molecule has 0 aliphatic heterocycles. The average Bonchev–Trinajstić information content (AvgIpc) is 2.53. The van der Waals surface area contributed by atoms with Crippen LogP contribution < -0.4 is 5.73 Å². The molecule has 0 aliphatic rings. The van der Waals surface area contributed by atoms with Crippen molar-refractivity contribution in [1.29, 1.82) is 0 Å². The van der Waals surface area contributed by atoms with Crippen molar-refractivity contribution in [1.82, 2.24) is 9.71 Å². The van der Waals surface area contributed by atoms with Crippen molar-refractivity contribution in [3.8, 4) is 11.4 Å². The molecule has 0 aliphatic carbocycles. The largest absolute Gasteiger partial charge is 0.427 e. The Morgan fingerprint density at radius 3 is 2.46 bits per heavy atom. The van der Waals surface area contributed by atoms with Gasteiger partial charge in [-0.05, 0) is 24.3 Å². The van der Waals surface area contributed by atoms with Crippen molar-refractivity contribution in [2.75, 3.05) is 5.73 Å². The summed E-state index contributed by atoms with van der Waals surface area (Å²) in [6.07, 6.45) is 3.01. The van der Waals surface area contributed by atoms with Gasteiger partial charge in [-0.2, -0.15) is 4.73 Å². The lowest BCUT2D eigenvalue weighted by Crippen LogP contribution is -1.92. The molecule has 4 nitrogen and oxygen atoms in total. The smallest absolute Gasteiger partial charge is 0.175 e. The van der Waals surface area contributed by atoms with Crippen LogP contribution in [-0.4, -0.2) is 14.9 Å². The summed E-state index contributed by atoms with van der Waals surface area (Å²) in [7, 11) is 0. The van der Waals surface area contributed by atoms with E-state index in [4.69, 9.17) is 5.73 Å². The van der Waals surface area contributed by atoms with E-state index < -0.39 is 0 Å². The van der Waals surface area contributed by atoms with Gasteiger partial charge < -0.3 is 10.9 Å². The Bertz CT molecular complexity index is 405. The Kier molecular flexibility index (Phi) is 1.66. The molecule has 66 valence electrons. The molecule has 0 unspecified atom stereocenters. The van der Waals surface area contributed by atoms with Crippen molar-refractivity contribution in [3.05, 3.63) is 36.7 Å². The molecule has 13 heavy (non-hydrogen) atoms. The maximum atomic E-state index is 9.30. The van der Waals surface area contributed by atoms with E-state index in [1.807, 2.05) is 12.1 Å². The summed E-state index contributed by atoms with van der Waals surface area (Å²) in [5.41, 5.74) is 7.06. The second kappa shape index (κ2) is 2.82. The Morgan fingerprint density at radius 2 is 1.92 bits per heavy atom. The van der Waals surface area contributed by atoms with E-state index in [-0.39, 0.29) is 0 Å². The quantitative estimate of drug-likeness (QED) is 0.508. The van der Waals surface area contributed by atoms with E-state index in [9.17, 15) is 5.21 Å². The molecular weight excluding hydrogens is 166 g/mol. The van der Waals surface area contributed by atoms with Crippen LogP contribution >= 0.6 is 0 Å². The highest BCUT2D eigenvalue weighted by Gasteiger charge is 2.03. The molecule has 0 fully saturated rings. The zero-order valence-electron chi connectivity index (χ0n) is 6.88. The molecule has 1 aromatic carbocycles. The minimum absolute atomic E-state index is 0.514. The molecule has 0 saturated heterocycles. The van der Waals surface area contributed by atoms with Crippen LogP contribution in [0, 0.1) is 0 Å². The van der Waals surface area contributed by atoms with Crippen LogP contribution in [0.1, 0.15) is 0 Å². The first kappa shape index (κ1) is 7.67. The first-order valence-electron chi connectivity index (χ1n) is 3.86. The molecule has 4 heteroatoms. The predicted octanol–water partition coefficient (Wildman–Crippen LogP) is 1.37. The van der Waals surface area contributed by atoms with Gasteiger partial charge in [-0.15, -0.1) is 0 Å². The molecule has 0 bridgehead atoms. The number of hydrogen-bond donors (Lipinski definition) is 2. The van der Waals surface area contributed by atoms with Crippen molar-refractivity contribution < 1.29 is 5.21 Å². The lowest BCUT2D eigenvalue weighted by atomic mass is 10.2. The SMILES string of the molecule is Nc1ccc(-c2nccn2O)cc1. The van der Waals surface area contributed by atoms with Gasteiger partial charge in [0.1, 0.15) is 0 Å². The summed E-state index contributed by atoms with van der Waals surface area (Å²) in [6.45, 7) is 0.